The van der Waals surface area contributed by atoms with Crippen molar-refractivity contribution in [2.75, 3.05) is 51.3 Å². The lowest BCUT2D eigenvalue weighted by atomic mass is 9.92. The van der Waals surface area contributed by atoms with Gasteiger partial charge in [0.05, 0.1) is 7.11 Å². The largest absolute Gasteiger partial charge is 0.481 e. The molecule has 2 atom stereocenters. The van der Waals surface area contributed by atoms with Crippen LogP contribution in [0.5, 0.6) is 5.88 Å². The van der Waals surface area contributed by atoms with Crippen molar-refractivity contribution in [1.29, 1.82) is 0 Å². The van der Waals surface area contributed by atoms with Crippen LogP contribution < -0.4 is 15.0 Å². The van der Waals surface area contributed by atoms with E-state index in [2.05, 4.69) is 38.9 Å². The molecule has 0 aliphatic carbocycles. The number of unbranched alkanes of at least 4 members (excludes halogenated alkanes) is 1. The number of nitrogens with zero attached hydrogens (tertiary/aromatic N) is 4. The number of carbonyl (C=O) groups excluding carboxylic acids is 1. The average Bonchev–Trinajstić information content (AvgIpc) is 2.73. The van der Waals surface area contributed by atoms with Gasteiger partial charge in [0.2, 0.25) is 17.7 Å². The maximum Gasteiger partial charge on any atom is 0.228 e. The Kier molecular flexibility index (Phi) is 8.09. The van der Waals surface area contributed by atoms with Gasteiger partial charge in [-0.1, -0.05) is 13.8 Å². The minimum absolute atomic E-state index is 0.0978. The normalized spacial score (nSPS) is 23.8. The molecule has 2 fully saturated rings. The van der Waals surface area contributed by atoms with Crippen LogP contribution >= 0.6 is 0 Å². The average molecular weight is 404 g/mol. The van der Waals surface area contributed by atoms with Crippen LogP contribution in [0.2, 0.25) is 0 Å². The van der Waals surface area contributed by atoms with E-state index in [0.29, 0.717) is 11.8 Å². The number of hydrogen-bond donors (Lipinski definition) is 1. The Balaban J connectivity index is 1.31. The number of likely N-dealkylation sites (tertiary alicyclic amines) is 1. The van der Waals surface area contributed by atoms with Crippen molar-refractivity contribution >= 4 is 11.9 Å². The Morgan fingerprint density at radius 2 is 1.93 bits per heavy atom. The molecule has 1 aromatic rings. The highest BCUT2D eigenvalue weighted by Crippen LogP contribution is 2.22. The van der Waals surface area contributed by atoms with Gasteiger partial charge >= 0.3 is 0 Å². The van der Waals surface area contributed by atoms with E-state index < -0.39 is 0 Å². The highest BCUT2D eigenvalue weighted by Gasteiger charge is 2.26. The van der Waals surface area contributed by atoms with Gasteiger partial charge in [-0.15, -0.1) is 0 Å². The molecule has 3 heterocycles. The molecule has 2 aliphatic heterocycles. The summed E-state index contributed by atoms with van der Waals surface area (Å²) in [7, 11) is 1.61. The molecule has 0 bridgehead atoms. The fourth-order valence-corrected chi connectivity index (χ4v) is 4.73. The van der Waals surface area contributed by atoms with Gasteiger partial charge in [-0.25, -0.2) is 4.98 Å². The number of nitrogens with one attached hydrogen (secondary N) is 1. The van der Waals surface area contributed by atoms with Gasteiger partial charge in [0.1, 0.15) is 0 Å². The molecular weight excluding hydrogens is 366 g/mol. The molecule has 1 aromatic heterocycles. The summed E-state index contributed by atoms with van der Waals surface area (Å²) in [5.74, 6) is 3.18. The third-order valence-electron chi connectivity index (χ3n) is 6.12. The van der Waals surface area contributed by atoms with Crippen molar-refractivity contribution in [3.63, 3.8) is 0 Å². The second kappa shape index (κ2) is 10.8. The van der Waals surface area contributed by atoms with E-state index >= 15 is 0 Å². The third-order valence-corrected chi connectivity index (χ3v) is 6.12. The Hall–Kier alpha value is -1.89. The minimum Gasteiger partial charge on any atom is -0.481 e. The van der Waals surface area contributed by atoms with Crippen LogP contribution in [0.25, 0.3) is 0 Å². The molecule has 3 rings (SSSR count). The first-order valence-electron chi connectivity index (χ1n) is 11.2. The molecule has 0 saturated carbocycles. The van der Waals surface area contributed by atoms with Crippen molar-refractivity contribution < 1.29 is 9.53 Å². The van der Waals surface area contributed by atoms with Crippen LogP contribution in [-0.2, 0) is 4.79 Å². The van der Waals surface area contributed by atoms with Crippen LogP contribution in [-0.4, -0.2) is 67.2 Å². The van der Waals surface area contributed by atoms with Gasteiger partial charge in [-0.3, -0.25) is 4.79 Å². The predicted octanol–water partition coefficient (Wildman–Crippen LogP) is 2.58. The van der Waals surface area contributed by atoms with Gasteiger partial charge in [0.25, 0.3) is 0 Å². The van der Waals surface area contributed by atoms with E-state index in [-0.39, 0.29) is 11.8 Å². The molecule has 0 aromatic carbocycles. The Morgan fingerprint density at radius 1 is 1.21 bits per heavy atom. The number of hydrogen-bond acceptors (Lipinski definition) is 6. The van der Waals surface area contributed by atoms with Crippen LogP contribution in [0.1, 0.15) is 46.0 Å². The lowest BCUT2D eigenvalue weighted by Gasteiger charge is -2.35. The number of methoxy groups -OCH3 is 1. The standard InChI is InChI=1S/C22H37N5O2/c1-17-14-18(2)16-26(15-17)11-5-4-9-23-21(28)19-7-12-27(13-8-19)22-24-10-6-20(25-22)29-3/h6,10,17-19H,4-5,7-9,11-16H2,1-3H3,(H,23,28). The number of ether oxygens (including phenoxy) is 1. The molecular formula is C22H37N5O2. The van der Waals surface area contributed by atoms with E-state index in [1.807, 2.05) is 0 Å². The Morgan fingerprint density at radius 3 is 2.62 bits per heavy atom. The first-order valence-corrected chi connectivity index (χ1v) is 11.2. The smallest absolute Gasteiger partial charge is 0.228 e. The van der Waals surface area contributed by atoms with Crippen molar-refractivity contribution in [3.05, 3.63) is 12.3 Å². The van der Waals surface area contributed by atoms with E-state index in [4.69, 9.17) is 4.74 Å². The summed E-state index contributed by atoms with van der Waals surface area (Å²) < 4.78 is 5.17. The second-order valence-electron chi connectivity index (χ2n) is 8.86. The topological polar surface area (TPSA) is 70.6 Å². The number of rotatable bonds is 8. The molecule has 1 amide bonds. The third kappa shape index (κ3) is 6.56. The summed E-state index contributed by atoms with van der Waals surface area (Å²) >= 11 is 0. The Labute approximate surface area is 175 Å². The molecule has 2 unspecified atom stereocenters. The predicted molar refractivity (Wildman–Crippen MR) is 115 cm³/mol. The van der Waals surface area contributed by atoms with Gasteiger partial charge < -0.3 is 19.9 Å². The van der Waals surface area contributed by atoms with E-state index in [0.717, 1.165) is 63.7 Å². The summed E-state index contributed by atoms with van der Waals surface area (Å²) in [4.78, 5) is 25.9. The molecule has 7 nitrogen and oxygen atoms in total. The lowest BCUT2D eigenvalue weighted by Crippen LogP contribution is -2.41. The lowest BCUT2D eigenvalue weighted by molar-refractivity contribution is -0.125. The molecule has 1 N–H and O–H groups in total. The number of aromatic nitrogens is 2. The quantitative estimate of drug-likeness (QED) is 0.673. The summed E-state index contributed by atoms with van der Waals surface area (Å²) in [6.07, 6.45) is 6.97. The fourth-order valence-electron chi connectivity index (χ4n) is 4.73. The van der Waals surface area contributed by atoms with Gasteiger partial charge in [0.15, 0.2) is 0 Å². The summed E-state index contributed by atoms with van der Waals surface area (Å²) in [6.45, 7) is 10.7. The fraction of sp³-hybridized carbons (Fsp3) is 0.773. The molecule has 29 heavy (non-hydrogen) atoms. The number of carbonyl (C=O) groups is 1. The van der Waals surface area contributed by atoms with Crippen LogP contribution in [0, 0.1) is 17.8 Å². The molecule has 7 heteroatoms. The van der Waals surface area contributed by atoms with E-state index in [1.165, 1.54) is 19.5 Å². The van der Waals surface area contributed by atoms with Crippen LogP contribution in [0.3, 0.4) is 0 Å². The highest BCUT2D eigenvalue weighted by atomic mass is 16.5. The van der Waals surface area contributed by atoms with Crippen LogP contribution in [0.15, 0.2) is 12.3 Å². The van der Waals surface area contributed by atoms with E-state index in [1.54, 1.807) is 19.4 Å². The zero-order valence-corrected chi connectivity index (χ0v) is 18.3. The molecule has 2 aliphatic rings. The monoisotopic (exact) mass is 403 g/mol. The minimum atomic E-state index is 0.0978. The maximum absolute atomic E-state index is 12.5. The zero-order chi connectivity index (χ0) is 20.6. The maximum atomic E-state index is 12.5. The zero-order valence-electron chi connectivity index (χ0n) is 18.3. The van der Waals surface area contributed by atoms with Crippen molar-refractivity contribution in [3.8, 4) is 5.88 Å². The molecule has 0 spiro atoms. The number of amides is 1. The summed E-state index contributed by atoms with van der Waals surface area (Å²) in [5, 5.41) is 3.15. The molecule has 162 valence electrons. The Bertz CT molecular complexity index is 638. The number of anilines is 1. The first kappa shape index (κ1) is 21.8. The van der Waals surface area contributed by atoms with Crippen molar-refractivity contribution in [2.24, 2.45) is 17.8 Å². The van der Waals surface area contributed by atoms with Gasteiger partial charge in [0, 0.05) is 50.9 Å². The first-order chi connectivity index (χ1) is 14.0. The highest BCUT2D eigenvalue weighted by molar-refractivity contribution is 5.78. The van der Waals surface area contributed by atoms with Crippen molar-refractivity contribution in [1.82, 2.24) is 20.2 Å². The second-order valence-corrected chi connectivity index (χ2v) is 8.86. The molecule has 2 saturated heterocycles. The number of piperidine rings is 2. The van der Waals surface area contributed by atoms with Gasteiger partial charge in [-0.2, -0.15) is 4.98 Å². The van der Waals surface area contributed by atoms with E-state index in [9.17, 15) is 4.79 Å². The summed E-state index contributed by atoms with van der Waals surface area (Å²) in [6, 6.07) is 1.75. The van der Waals surface area contributed by atoms with Crippen molar-refractivity contribution in [2.45, 2.75) is 46.0 Å². The SMILES string of the molecule is COc1ccnc(N2CCC(C(=O)NCCCCN3CC(C)CC(C)C3)CC2)n1. The van der Waals surface area contributed by atoms with Gasteiger partial charge in [-0.05, 0) is 50.5 Å². The van der Waals surface area contributed by atoms with Crippen LogP contribution in [0.4, 0.5) is 5.95 Å². The molecule has 0 radical (unpaired) electrons. The summed E-state index contributed by atoms with van der Waals surface area (Å²) in [5.41, 5.74) is 0.